The van der Waals surface area contributed by atoms with E-state index >= 15 is 0 Å². The van der Waals surface area contributed by atoms with Crippen LogP contribution in [0, 0.1) is 0 Å². The van der Waals surface area contributed by atoms with E-state index in [0.29, 0.717) is 28.0 Å². The van der Waals surface area contributed by atoms with Crippen LogP contribution in [0.25, 0.3) is 0 Å². The van der Waals surface area contributed by atoms with Gasteiger partial charge in [0.25, 0.3) is 0 Å². The van der Waals surface area contributed by atoms with Crippen LogP contribution < -0.4 is 4.74 Å². The molecular weight excluding hydrogens is 237 g/mol. The van der Waals surface area contributed by atoms with Crippen molar-refractivity contribution in [3.63, 3.8) is 0 Å². The van der Waals surface area contributed by atoms with Crippen LogP contribution in [0.3, 0.4) is 0 Å². The van der Waals surface area contributed by atoms with Gasteiger partial charge in [-0.05, 0) is 12.1 Å². The molecule has 1 N–H and O–H groups in total. The summed E-state index contributed by atoms with van der Waals surface area (Å²) in [5.41, 5.74) is 0.511. The summed E-state index contributed by atoms with van der Waals surface area (Å²) in [5, 5.41) is 12.2. The Labute approximate surface area is 97.6 Å². The van der Waals surface area contributed by atoms with Gasteiger partial charge in [0.2, 0.25) is 0 Å². The number of halogens is 2. The summed E-state index contributed by atoms with van der Waals surface area (Å²) in [6.07, 6.45) is 2.79. The maximum absolute atomic E-state index is 8.46. The van der Waals surface area contributed by atoms with E-state index in [2.05, 4.69) is 11.7 Å². The molecular formula is C10H9Cl2NO2. The van der Waals surface area contributed by atoms with E-state index in [-0.39, 0.29) is 0 Å². The second kappa shape index (κ2) is 5.63. The van der Waals surface area contributed by atoms with E-state index in [4.69, 9.17) is 33.1 Å². The molecule has 0 radical (unpaired) electrons. The zero-order valence-corrected chi connectivity index (χ0v) is 9.29. The molecule has 0 aliphatic carbocycles. The van der Waals surface area contributed by atoms with Gasteiger partial charge in [-0.3, -0.25) is 0 Å². The highest BCUT2D eigenvalue weighted by molar-refractivity contribution is 6.36. The molecule has 5 heteroatoms. The first-order chi connectivity index (χ1) is 7.19. The van der Waals surface area contributed by atoms with E-state index in [1.54, 1.807) is 18.2 Å². The first-order valence-electron chi connectivity index (χ1n) is 4.09. The van der Waals surface area contributed by atoms with Gasteiger partial charge in [-0.15, -0.1) is 0 Å². The fourth-order valence-electron chi connectivity index (χ4n) is 1.03. The molecule has 1 aromatic carbocycles. The molecule has 1 aromatic rings. The summed E-state index contributed by atoms with van der Waals surface area (Å²) in [7, 11) is 0. The number of benzene rings is 1. The number of ether oxygens (including phenoxy) is 1. The third-order valence-corrected chi connectivity index (χ3v) is 2.08. The van der Waals surface area contributed by atoms with Crippen molar-refractivity contribution in [2.45, 2.75) is 0 Å². The average Bonchev–Trinajstić information content (AvgIpc) is 2.17. The van der Waals surface area contributed by atoms with Crippen LogP contribution in [0.4, 0.5) is 0 Å². The van der Waals surface area contributed by atoms with Crippen LogP contribution in [0.2, 0.25) is 10.0 Å². The van der Waals surface area contributed by atoms with Gasteiger partial charge < -0.3 is 9.94 Å². The van der Waals surface area contributed by atoms with E-state index < -0.39 is 0 Å². The Bertz CT molecular complexity index is 391. The number of hydrogen-bond acceptors (Lipinski definition) is 3. The predicted octanol–water partition coefficient (Wildman–Crippen LogP) is 3.37. The molecule has 0 saturated carbocycles. The fourth-order valence-corrected chi connectivity index (χ4v) is 1.60. The summed E-state index contributed by atoms with van der Waals surface area (Å²) in [5.74, 6) is 0.416. The van der Waals surface area contributed by atoms with Gasteiger partial charge in [-0.1, -0.05) is 41.0 Å². The zero-order valence-electron chi connectivity index (χ0n) is 7.78. The van der Waals surface area contributed by atoms with Crippen LogP contribution in [-0.2, 0) is 0 Å². The average molecular weight is 246 g/mol. The highest BCUT2D eigenvalue weighted by atomic mass is 35.5. The molecule has 0 saturated heterocycles. The fraction of sp³-hybridized carbons (Fsp3) is 0.100. The molecule has 0 unspecified atom stereocenters. The van der Waals surface area contributed by atoms with Crippen LogP contribution in [0.5, 0.6) is 5.75 Å². The van der Waals surface area contributed by atoms with E-state index in [9.17, 15) is 0 Å². The number of rotatable bonds is 4. The Morgan fingerprint density at radius 1 is 1.47 bits per heavy atom. The Balaban J connectivity index is 3.13. The molecule has 0 aromatic heterocycles. The lowest BCUT2D eigenvalue weighted by Crippen LogP contribution is -1.98. The molecule has 80 valence electrons. The molecule has 0 aliphatic heterocycles. The van der Waals surface area contributed by atoms with Gasteiger partial charge in [0.15, 0.2) is 0 Å². The summed E-state index contributed by atoms with van der Waals surface area (Å²) in [4.78, 5) is 0. The first-order valence-corrected chi connectivity index (χ1v) is 4.84. The number of oxime groups is 1. The third kappa shape index (κ3) is 3.15. The first kappa shape index (κ1) is 11.9. The highest BCUT2D eigenvalue weighted by Gasteiger charge is 2.08. The smallest absolute Gasteiger partial charge is 0.147 e. The molecule has 0 spiro atoms. The number of nitrogens with zero attached hydrogens (tertiary/aromatic N) is 1. The minimum Gasteiger partial charge on any atom is -0.487 e. The Hall–Kier alpha value is -1.19. The van der Waals surface area contributed by atoms with Crippen molar-refractivity contribution in [2.75, 3.05) is 6.61 Å². The Morgan fingerprint density at radius 2 is 2.20 bits per heavy atom. The van der Waals surface area contributed by atoms with Gasteiger partial charge in [-0.2, -0.15) is 0 Å². The highest BCUT2D eigenvalue weighted by Crippen LogP contribution is 2.31. The maximum Gasteiger partial charge on any atom is 0.147 e. The van der Waals surface area contributed by atoms with Gasteiger partial charge in [-0.25, -0.2) is 0 Å². The molecule has 3 nitrogen and oxygen atoms in total. The monoisotopic (exact) mass is 245 g/mol. The summed E-state index contributed by atoms with van der Waals surface area (Å²) in [6.45, 7) is 3.83. The Morgan fingerprint density at radius 3 is 2.80 bits per heavy atom. The maximum atomic E-state index is 8.46. The lowest BCUT2D eigenvalue weighted by atomic mass is 10.2. The summed E-state index contributed by atoms with van der Waals surface area (Å²) >= 11 is 11.7. The van der Waals surface area contributed by atoms with Crippen molar-refractivity contribution in [2.24, 2.45) is 5.16 Å². The normalized spacial score (nSPS) is 10.5. The molecule has 15 heavy (non-hydrogen) atoms. The molecule has 0 amide bonds. The van der Waals surface area contributed by atoms with Crippen molar-refractivity contribution >= 4 is 29.4 Å². The standard InChI is InChI=1S/C10H9Cl2NO2/c1-2-3-15-10-7(6-13-14)4-8(11)5-9(10)12/h2,4-6,14H,1,3H2/b13-6-. The largest absolute Gasteiger partial charge is 0.487 e. The van der Waals surface area contributed by atoms with Gasteiger partial charge in [0, 0.05) is 10.6 Å². The predicted molar refractivity (Wildman–Crippen MR) is 61.5 cm³/mol. The second-order valence-corrected chi connectivity index (χ2v) is 3.49. The minimum atomic E-state index is 0.313. The second-order valence-electron chi connectivity index (χ2n) is 2.65. The topological polar surface area (TPSA) is 41.8 Å². The molecule has 0 atom stereocenters. The van der Waals surface area contributed by atoms with Crippen molar-refractivity contribution in [1.82, 2.24) is 0 Å². The molecule has 0 heterocycles. The summed E-state index contributed by atoms with van der Waals surface area (Å²) in [6, 6.07) is 3.14. The lowest BCUT2D eigenvalue weighted by molar-refractivity contribution is 0.321. The Kier molecular flexibility index (Phi) is 4.46. The van der Waals surface area contributed by atoms with E-state index in [1.807, 2.05) is 0 Å². The van der Waals surface area contributed by atoms with Gasteiger partial charge in [0.05, 0.1) is 11.2 Å². The van der Waals surface area contributed by atoms with Crippen molar-refractivity contribution in [3.8, 4) is 5.75 Å². The molecule has 0 fully saturated rings. The molecule has 1 rings (SSSR count). The van der Waals surface area contributed by atoms with Crippen molar-refractivity contribution < 1.29 is 9.94 Å². The quantitative estimate of drug-likeness (QED) is 0.383. The van der Waals surface area contributed by atoms with Crippen LogP contribution >= 0.6 is 23.2 Å². The number of hydrogen-bond donors (Lipinski definition) is 1. The van der Waals surface area contributed by atoms with Crippen LogP contribution in [0.15, 0.2) is 29.9 Å². The zero-order chi connectivity index (χ0) is 11.3. The third-order valence-electron chi connectivity index (χ3n) is 1.58. The van der Waals surface area contributed by atoms with Crippen LogP contribution in [0.1, 0.15) is 5.56 Å². The molecule has 0 aliphatic rings. The van der Waals surface area contributed by atoms with Gasteiger partial charge >= 0.3 is 0 Å². The lowest BCUT2D eigenvalue weighted by Gasteiger charge is -2.09. The van der Waals surface area contributed by atoms with Crippen LogP contribution in [-0.4, -0.2) is 18.0 Å². The van der Waals surface area contributed by atoms with E-state index in [0.717, 1.165) is 0 Å². The summed E-state index contributed by atoms with van der Waals surface area (Å²) < 4.78 is 5.31. The van der Waals surface area contributed by atoms with Gasteiger partial charge in [0.1, 0.15) is 12.4 Å². The SMILES string of the molecule is C=CCOc1c(Cl)cc(Cl)cc1/C=N\O. The van der Waals surface area contributed by atoms with E-state index in [1.165, 1.54) is 6.21 Å². The van der Waals surface area contributed by atoms with Crippen molar-refractivity contribution in [1.29, 1.82) is 0 Å². The molecule has 0 bridgehead atoms. The van der Waals surface area contributed by atoms with Crippen molar-refractivity contribution in [3.05, 3.63) is 40.4 Å². The minimum absolute atomic E-state index is 0.313.